The van der Waals surface area contributed by atoms with Crippen molar-refractivity contribution in [2.45, 2.75) is 20.3 Å². The quantitative estimate of drug-likeness (QED) is 0.528. The molecule has 1 aromatic heterocycles. The average molecular weight is 275 g/mol. The van der Waals surface area contributed by atoms with Crippen LogP contribution in [-0.4, -0.2) is 14.9 Å². The van der Waals surface area contributed by atoms with Crippen molar-refractivity contribution in [3.63, 3.8) is 0 Å². The van der Waals surface area contributed by atoms with E-state index >= 15 is 0 Å². The standard InChI is InChI=1S/C13H13N3O2S/c1-3-11-14-12(8(2)13(19)15-11)9-5-4-6-10(7-9)16(17)18/h4-7H,3H2,1-2H3,(H,14,15,19). The van der Waals surface area contributed by atoms with Gasteiger partial charge in [0, 0.05) is 29.7 Å². The molecule has 1 aromatic carbocycles. The molecule has 0 amide bonds. The Balaban J connectivity index is 2.64. The summed E-state index contributed by atoms with van der Waals surface area (Å²) in [6.45, 7) is 3.83. The van der Waals surface area contributed by atoms with Crippen LogP contribution in [0, 0.1) is 21.7 Å². The summed E-state index contributed by atoms with van der Waals surface area (Å²) in [7, 11) is 0. The number of nitro groups is 1. The smallest absolute Gasteiger partial charge is 0.270 e. The first-order valence-electron chi connectivity index (χ1n) is 5.87. The van der Waals surface area contributed by atoms with Gasteiger partial charge in [-0.15, -0.1) is 0 Å². The lowest BCUT2D eigenvalue weighted by Crippen LogP contribution is -1.99. The molecule has 0 aliphatic heterocycles. The van der Waals surface area contributed by atoms with Crippen LogP contribution in [0.5, 0.6) is 0 Å². The minimum atomic E-state index is -0.407. The number of aromatic amines is 1. The fourth-order valence-corrected chi connectivity index (χ4v) is 2.02. The van der Waals surface area contributed by atoms with E-state index in [9.17, 15) is 10.1 Å². The Labute approximate surface area is 115 Å². The fraction of sp³-hybridized carbons (Fsp3) is 0.231. The lowest BCUT2D eigenvalue weighted by molar-refractivity contribution is -0.384. The number of aromatic nitrogens is 2. The van der Waals surface area contributed by atoms with Crippen LogP contribution in [0.1, 0.15) is 18.3 Å². The number of nitrogens with zero attached hydrogens (tertiary/aromatic N) is 2. The van der Waals surface area contributed by atoms with Crippen LogP contribution in [-0.2, 0) is 6.42 Å². The summed E-state index contributed by atoms with van der Waals surface area (Å²) in [5.74, 6) is 0.775. The Bertz CT molecular complexity index is 695. The van der Waals surface area contributed by atoms with E-state index in [0.29, 0.717) is 4.64 Å². The second kappa shape index (κ2) is 5.27. The minimum absolute atomic E-state index is 0.0612. The predicted octanol–water partition coefficient (Wildman–Crippen LogP) is 3.59. The molecule has 2 rings (SSSR count). The molecule has 0 radical (unpaired) electrons. The number of nitrogens with one attached hydrogen (secondary N) is 1. The molecule has 5 nitrogen and oxygen atoms in total. The van der Waals surface area contributed by atoms with Crippen LogP contribution in [0.15, 0.2) is 24.3 Å². The largest absolute Gasteiger partial charge is 0.343 e. The second-order valence-corrected chi connectivity index (χ2v) is 4.54. The molecule has 0 fully saturated rings. The van der Waals surface area contributed by atoms with Crippen molar-refractivity contribution in [2.75, 3.05) is 0 Å². The highest BCUT2D eigenvalue weighted by molar-refractivity contribution is 7.71. The topological polar surface area (TPSA) is 71.8 Å². The lowest BCUT2D eigenvalue weighted by atomic mass is 10.1. The normalized spacial score (nSPS) is 10.4. The Morgan fingerprint density at radius 1 is 1.47 bits per heavy atom. The van der Waals surface area contributed by atoms with Crippen LogP contribution in [0.4, 0.5) is 5.69 Å². The fourth-order valence-electron chi connectivity index (χ4n) is 1.81. The second-order valence-electron chi connectivity index (χ2n) is 4.15. The molecule has 0 saturated carbocycles. The monoisotopic (exact) mass is 275 g/mol. The van der Waals surface area contributed by atoms with Crippen LogP contribution in [0.3, 0.4) is 0 Å². The molecule has 0 atom stereocenters. The maximum absolute atomic E-state index is 10.8. The van der Waals surface area contributed by atoms with E-state index in [4.69, 9.17) is 12.2 Å². The van der Waals surface area contributed by atoms with Gasteiger partial charge in [0.15, 0.2) is 0 Å². The van der Waals surface area contributed by atoms with Gasteiger partial charge in [-0.1, -0.05) is 31.3 Å². The summed E-state index contributed by atoms with van der Waals surface area (Å²) in [6, 6.07) is 6.48. The molecule has 1 N–H and O–H groups in total. The van der Waals surface area contributed by atoms with Crippen molar-refractivity contribution in [1.29, 1.82) is 0 Å². The number of hydrogen-bond donors (Lipinski definition) is 1. The van der Waals surface area contributed by atoms with Crippen molar-refractivity contribution in [3.05, 3.63) is 50.4 Å². The predicted molar refractivity (Wildman–Crippen MR) is 75.6 cm³/mol. The molecule has 0 spiro atoms. The first-order valence-corrected chi connectivity index (χ1v) is 6.28. The summed E-state index contributed by atoms with van der Waals surface area (Å²) in [6.07, 6.45) is 0.728. The molecular formula is C13H13N3O2S. The maximum atomic E-state index is 10.8. The van der Waals surface area contributed by atoms with E-state index in [1.54, 1.807) is 6.07 Å². The average Bonchev–Trinajstić information content (AvgIpc) is 2.41. The molecule has 98 valence electrons. The van der Waals surface area contributed by atoms with Gasteiger partial charge in [-0.3, -0.25) is 10.1 Å². The minimum Gasteiger partial charge on any atom is -0.343 e. The van der Waals surface area contributed by atoms with E-state index < -0.39 is 4.92 Å². The molecule has 1 heterocycles. The molecule has 19 heavy (non-hydrogen) atoms. The van der Waals surface area contributed by atoms with Gasteiger partial charge in [-0.05, 0) is 6.92 Å². The zero-order valence-corrected chi connectivity index (χ0v) is 11.5. The van der Waals surface area contributed by atoms with Gasteiger partial charge >= 0.3 is 0 Å². The van der Waals surface area contributed by atoms with E-state index in [1.807, 2.05) is 19.9 Å². The van der Waals surface area contributed by atoms with Crippen LogP contribution < -0.4 is 0 Å². The van der Waals surface area contributed by atoms with Gasteiger partial charge < -0.3 is 4.98 Å². The maximum Gasteiger partial charge on any atom is 0.270 e. The molecule has 0 aliphatic rings. The van der Waals surface area contributed by atoms with E-state index in [2.05, 4.69) is 9.97 Å². The Hall–Kier alpha value is -2.08. The Morgan fingerprint density at radius 2 is 2.21 bits per heavy atom. The molecule has 0 bridgehead atoms. The van der Waals surface area contributed by atoms with Crippen LogP contribution in [0.2, 0.25) is 0 Å². The van der Waals surface area contributed by atoms with E-state index in [1.165, 1.54) is 12.1 Å². The molecular weight excluding hydrogens is 262 g/mol. The third kappa shape index (κ3) is 2.68. The zero-order valence-electron chi connectivity index (χ0n) is 10.6. The van der Waals surface area contributed by atoms with Crippen molar-refractivity contribution in [1.82, 2.24) is 9.97 Å². The van der Waals surface area contributed by atoms with Crippen molar-refractivity contribution < 1.29 is 4.92 Å². The van der Waals surface area contributed by atoms with E-state index in [-0.39, 0.29) is 5.69 Å². The molecule has 0 unspecified atom stereocenters. The number of rotatable bonds is 3. The molecule has 0 saturated heterocycles. The lowest BCUT2D eigenvalue weighted by Gasteiger charge is -2.08. The third-order valence-corrected chi connectivity index (χ3v) is 3.28. The molecule has 0 aliphatic carbocycles. The van der Waals surface area contributed by atoms with Crippen LogP contribution in [0.25, 0.3) is 11.3 Å². The number of non-ortho nitro benzene ring substituents is 1. The van der Waals surface area contributed by atoms with Crippen molar-refractivity contribution in [2.24, 2.45) is 0 Å². The van der Waals surface area contributed by atoms with Gasteiger partial charge in [0.05, 0.1) is 10.6 Å². The Kier molecular flexibility index (Phi) is 3.71. The Morgan fingerprint density at radius 3 is 2.84 bits per heavy atom. The first kappa shape index (κ1) is 13.4. The summed E-state index contributed by atoms with van der Waals surface area (Å²) in [5.41, 5.74) is 2.43. The number of aryl methyl sites for hydroxylation is 1. The van der Waals surface area contributed by atoms with Gasteiger partial charge in [-0.25, -0.2) is 4.98 Å². The third-order valence-electron chi connectivity index (χ3n) is 2.88. The molecule has 2 aromatic rings. The molecule has 6 heteroatoms. The van der Waals surface area contributed by atoms with Gasteiger partial charge in [-0.2, -0.15) is 0 Å². The zero-order chi connectivity index (χ0) is 14.0. The van der Waals surface area contributed by atoms with Crippen molar-refractivity contribution in [3.8, 4) is 11.3 Å². The van der Waals surface area contributed by atoms with Gasteiger partial charge in [0.25, 0.3) is 5.69 Å². The van der Waals surface area contributed by atoms with E-state index in [0.717, 1.165) is 29.1 Å². The van der Waals surface area contributed by atoms with Gasteiger partial charge in [0.2, 0.25) is 0 Å². The number of H-pyrrole nitrogens is 1. The summed E-state index contributed by atoms with van der Waals surface area (Å²) < 4.78 is 0.525. The number of nitro benzene ring substituents is 1. The highest BCUT2D eigenvalue weighted by Gasteiger charge is 2.11. The van der Waals surface area contributed by atoms with Crippen molar-refractivity contribution >= 4 is 17.9 Å². The van der Waals surface area contributed by atoms with Gasteiger partial charge in [0.1, 0.15) is 10.5 Å². The highest BCUT2D eigenvalue weighted by Crippen LogP contribution is 2.25. The summed E-state index contributed by atoms with van der Waals surface area (Å²) in [4.78, 5) is 17.9. The van der Waals surface area contributed by atoms with Crippen LogP contribution >= 0.6 is 12.2 Å². The SMILES string of the molecule is CCc1nc(=S)c(C)c(-c2cccc([N+](=O)[O-])c2)[nH]1. The summed E-state index contributed by atoms with van der Waals surface area (Å²) in [5, 5.41) is 10.8. The number of benzene rings is 1. The first-order chi connectivity index (χ1) is 9.02. The summed E-state index contributed by atoms with van der Waals surface area (Å²) >= 11 is 5.21. The number of hydrogen-bond acceptors (Lipinski definition) is 4. The highest BCUT2D eigenvalue weighted by atomic mass is 32.1.